The highest BCUT2D eigenvalue weighted by molar-refractivity contribution is 7.14. The summed E-state index contributed by atoms with van der Waals surface area (Å²) in [6, 6.07) is 9.21. The zero-order chi connectivity index (χ0) is 22.2. The molecule has 6 nitrogen and oxygen atoms in total. The zero-order valence-electron chi connectivity index (χ0n) is 18.4. The summed E-state index contributed by atoms with van der Waals surface area (Å²) in [5.74, 6) is -0.184. The van der Waals surface area contributed by atoms with Gasteiger partial charge in [-0.1, -0.05) is 24.4 Å². The SMILES string of the molecule is CN1CCc2sc(C(=O)NC3CCCCC3NC(=O)c3cc4cc(Cl)ccc4[nH]3)cc2C1.Cl. The number of halogens is 2. The van der Waals surface area contributed by atoms with Gasteiger partial charge in [0.1, 0.15) is 5.69 Å². The van der Waals surface area contributed by atoms with Gasteiger partial charge in [0.2, 0.25) is 0 Å². The third-order valence-corrected chi connectivity index (χ3v) is 7.98. The summed E-state index contributed by atoms with van der Waals surface area (Å²) in [4.78, 5) is 33.5. The number of hydrogen-bond donors (Lipinski definition) is 3. The van der Waals surface area contributed by atoms with Crippen molar-refractivity contribution in [2.75, 3.05) is 13.6 Å². The van der Waals surface area contributed by atoms with Crippen LogP contribution in [0, 0.1) is 0 Å². The van der Waals surface area contributed by atoms with E-state index in [1.807, 2.05) is 24.3 Å². The second-order valence-corrected chi connectivity index (χ2v) is 10.5. The number of hydrogen-bond acceptors (Lipinski definition) is 4. The Morgan fingerprint density at radius 2 is 1.82 bits per heavy atom. The summed E-state index contributed by atoms with van der Waals surface area (Å²) in [5.41, 5.74) is 2.65. The minimum atomic E-state index is -0.155. The van der Waals surface area contributed by atoms with E-state index in [1.165, 1.54) is 10.4 Å². The van der Waals surface area contributed by atoms with E-state index < -0.39 is 0 Å². The van der Waals surface area contributed by atoms with E-state index in [2.05, 4.69) is 27.6 Å². The van der Waals surface area contributed by atoms with Gasteiger partial charge >= 0.3 is 0 Å². The molecule has 2 unspecified atom stereocenters. The molecule has 0 spiro atoms. The number of fused-ring (bicyclic) bond motifs is 2. The fourth-order valence-electron chi connectivity index (χ4n) is 4.77. The number of aromatic amines is 1. The molecule has 3 aromatic rings. The van der Waals surface area contributed by atoms with E-state index in [4.69, 9.17) is 11.6 Å². The van der Waals surface area contributed by atoms with Crippen LogP contribution < -0.4 is 10.6 Å². The number of nitrogens with one attached hydrogen (secondary N) is 3. The highest BCUT2D eigenvalue weighted by Gasteiger charge is 2.30. The largest absolute Gasteiger partial charge is 0.351 e. The van der Waals surface area contributed by atoms with Crippen LogP contribution in [0.2, 0.25) is 5.02 Å². The van der Waals surface area contributed by atoms with Crippen LogP contribution in [-0.2, 0) is 13.0 Å². The predicted molar refractivity (Wildman–Crippen MR) is 136 cm³/mol. The van der Waals surface area contributed by atoms with Gasteiger partial charge in [-0.05, 0) is 62.2 Å². The van der Waals surface area contributed by atoms with Crippen molar-refractivity contribution >= 4 is 58.1 Å². The van der Waals surface area contributed by atoms with Crippen LogP contribution in [0.1, 0.15) is 56.3 Å². The molecule has 3 heterocycles. The highest BCUT2D eigenvalue weighted by Crippen LogP contribution is 2.28. The molecule has 2 aromatic heterocycles. The van der Waals surface area contributed by atoms with Crippen molar-refractivity contribution in [3.63, 3.8) is 0 Å². The Hall–Kier alpha value is -2.06. The summed E-state index contributed by atoms with van der Waals surface area (Å²) in [6.07, 6.45) is 4.82. The van der Waals surface area contributed by atoms with Crippen LogP contribution in [0.15, 0.2) is 30.3 Å². The second kappa shape index (κ2) is 10.1. The van der Waals surface area contributed by atoms with Crippen LogP contribution >= 0.6 is 35.3 Å². The minimum absolute atomic E-state index is 0. The number of benzene rings is 1. The van der Waals surface area contributed by atoms with E-state index in [0.29, 0.717) is 10.7 Å². The van der Waals surface area contributed by atoms with Gasteiger partial charge < -0.3 is 20.5 Å². The fraction of sp³-hybridized carbons (Fsp3) is 0.417. The molecule has 2 amide bonds. The number of carbonyl (C=O) groups excluding carboxylic acids is 2. The lowest BCUT2D eigenvalue weighted by Crippen LogP contribution is -2.53. The molecule has 33 heavy (non-hydrogen) atoms. The van der Waals surface area contributed by atoms with Gasteiger partial charge in [0.15, 0.2) is 0 Å². The highest BCUT2D eigenvalue weighted by atomic mass is 35.5. The molecule has 9 heteroatoms. The molecular weight excluding hydrogens is 479 g/mol. The van der Waals surface area contributed by atoms with E-state index in [-0.39, 0.29) is 36.3 Å². The van der Waals surface area contributed by atoms with Crippen LogP contribution in [0.25, 0.3) is 10.9 Å². The molecule has 1 fully saturated rings. The van der Waals surface area contributed by atoms with Crippen LogP contribution in [0.4, 0.5) is 0 Å². The Morgan fingerprint density at radius 1 is 1.09 bits per heavy atom. The Labute approximate surface area is 208 Å². The van der Waals surface area contributed by atoms with Crippen molar-refractivity contribution in [1.29, 1.82) is 0 Å². The summed E-state index contributed by atoms with van der Waals surface area (Å²) in [7, 11) is 2.11. The topological polar surface area (TPSA) is 77.2 Å². The summed E-state index contributed by atoms with van der Waals surface area (Å²) in [6.45, 7) is 1.93. The van der Waals surface area contributed by atoms with Gasteiger partial charge in [0, 0.05) is 46.0 Å². The van der Waals surface area contributed by atoms with Crippen molar-refractivity contribution in [1.82, 2.24) is 20.5 Å². The van der Waals surface area contributed by atoms with Crippen molar-refractivity contribution in [3.05, 3.63) is 56.4 Å². The van der Waals surface area contributed by atoms with E-state index in [0.717, 1.165) is 61.0 Å². The van der Waals surface area contributed by atoms with E-state index in [9.17, 15) is 9.59 Å². The average Bonchev–Trinajstić information content (AvgIpc) is 3.38. The molecule has 2 atom stereocenters. The molecule has 1 aromatic carbocycles. The van der Waals surface area contributed by atoms with Gasteiger partial charge in [-0.25, -0.2) is 0 Å². The Kier molecular flexibility index (Phi) is 7.34. The van der Waals surface area contributed by atoms with E-state index in [1.54, 1.807) is 17.4 Å². The van der Waals surface area contributed by atoms with Crippen molar-refractivity contribution in [2.24, 2.45) is 0 Å². The monoisotopic (exact) mass is 506 g/mol. The molecule has 176 valence electrons. The van der Waals surface area contributed by atoms with Gasteiger partial charge in [-0.15, -0.1) is 23.7 Å². The zero-order valence-corrected chi connectivity index (χ0v) is 20.8. The smallest absolute Gasteiger partial charge is 0.268 e. The predicted octanol–water partition coefficient (Wildman–Crippen LogP) is 4.76. The maximum atomic E-state index is 13.0. The number of aromatic nitrogens is 1. The van der Waals surface area contributed by atoms with Crippen LogP contribution in [0.5, 0.6) is 0 Å². The van der Waals surface area contributed by atoms with Gasteiger partial charge in [-0.2, -0.15) is 0 Å². The number of rotatable bonds is 4. The molecule has 0 bridgehead atoms. The van der Waals surface area contributed by atoms with Crippen LogP contribution in [0.3, 0.4) is 0 Å². The first kappa shape index (κ1) is 24.1. The minimum Gasteiger partial charge on any atom is -0.351 e. The lowest BCUT2D eigenvalue weighted by atomic mass is 9.90. The van der Waals surface area contributed by atoms with Gasteiger partial charge in [0.25, 0.3) is 11.8 Å². The fourth-order valence-corrected chi connectivity index (χ4v) is 6.02. The molecule has 3 N–H and O–H groups in total. The number of thiophene rings is 1. The molecule has 1 aliphatic heterocycles. The molecule has 2 aliphatic rings. The maximum absolute atomic E-state index is 13.0. The summed E-state index contributed by atoms with van der Waals surface area (Å²) >= 11 is 7.67. The third kappa shape index (κ3) is 5.22. The molecule has 0 radical (unpaired) electrons. The second-order valence-electron chi connectivity index (χ2n) is 8.91. The number of carbonyl (C=O) groups is 2. The van der Waals surface area contributed by atoms with Crippen molar-refractivity contribution in [2.45, 2.75) is 50.7 Å². The number of nitrogens with zero attached hydrogens (tertiary/aromatic N) is 1. The number of H-pyrrole nitrogens is 1. The van der Waals surface area contributed by atoms with Crippen molar-refractivity contribution in [3.8, 4) is 0 Å². The third-order valence-electron chi connectivity index (χ3n) is 6.51. The number of likely N-dealkylation sites (N-methyl/N-ethyl adjacent to an activating group) is 1. The van der Waals surface area contributed by atoms with E-state index >= 15 is 0 Å². The van der Waals surface area contributed by atoms with Crippen molar-refractivity contribution < 1.29 is 9.59 Å². The summed E-state index contributed by atoms with van der Waals surface area (Å²) < 4.78 is 0. The Morgan fingerprint density at radius 3 is 2.58 bits per heavy atom. The van der Waals surface area contributed by atoms with Gasteiger partial charge in [0.05, 0.1) is 4.88 Å². The van der Waals surface area contributed by atoms with Crippen LogP contribution in [-0.4, -0.2) is 47.4 Å². The first-order valence-corrected chi connectivity index (χ1v) is 12.4. The lowest BCUT2D eigenvalue weighted by molar-refractivity contribution is 0.0862. The molecule has 1 aliphatic carbocycles. The first-order valence-electron chi connectivity index (χ1n) is 11.2. The van der Waals surface area contributed by atoms with Gasteiger partial charge in [-0.3, -0.25) is 9.59 Å². The molecular formula is C24H28Cl2N4O2S. The summed E-state index contributed by atoms with van der Waals surface area (Å²) in [5, 5.41) is 7.91. The first-order chi connectivity index (χ1) is 15.5. The average molecular weight is 507 g/mol. The normalized spacial score (nSPS) is 20.7. The quantitative estimate of drug-likeness (QED) is 0.477. The molecule has 5 rings (SSSR count). The lowest BCUT2D eigenvalue weighted by Gasteiger charge is -2.32. The molecule has 1 saturated carbocycles. The Balaban J connectivity index is 0.00000259. The number of amides is 2. The molecule has 0 saturated heterocycles. The standard InChI is InChI=1S/C24H27ClN4O2S.ClH/c1-29-9-8-21-15(13-29)12-22(32-21)24(31)28-19-5-3-2-4-18(19)27-23(30)20-11-14-10-16(25)6-7-17(14)26-20;/h6-7,10-12,18-19,26H,2-5,8-9,13H2,1H3,(H,27,30)(H,28,31);1H. The maximum Gasteiger partial charge on any atom is 0.268 e. The Bertz CT molecular complexity index is 1170.